The number of hydrogen-bond donors (Lipinski definition) is 3. The van der Waals surface area contributed by atoms with Crippen LogP contribution in [-0.4, -0.2) is 53.4 Å². The fraction of sp³-hybridized carbons (Fsp3) is 0.600. The van der Waals surface area contributed by atoms with Crippen molar-refractivity contribution in [2.45, 2.75) is 37.8 Å². The number of imide groups is 1. The fourth-order valence-electron chi connectivity index (χ4n) is 2.87. The molecular formula is C15H22N4O2. The van der Waals surface area contributed by atoms with E-state index in [9.17, 15) is 9.59 Å². The molecule has 21 heavy (non-hydrogen) atoms. The van der Waals surface area contributed by atoms with E-state index in [4.69, 9.17) is 0 Å². The van der Waals surface area contributed by atoms with Crippen LogP contribution in [0.3, 0.4) is 0 Å². The van der Waals surface area contributed by atoms with Gasteiger partial charge in [0.05, 0.1) is 6.54 Å². The summed E-state index contributed by atoms with van der Waals surface area (Å²) in [6, 6.07) is 4.39. The van der Waals surface area contributed by atoms with Crippen molar-refractivity contribution in [3.63, 3.8) is 0 Å². The summed E-state index contributed by atoms with van der Waals surface area (Å²) in [6.45, 7) is 2.27. The average molecular weight is 290 g/mol. The summed E-state index contributed by atoms with van der Waals surface area (Å²) in [5, 5.41) is 5.91. The van der Waals surface area contributed by atoms with Crippen LogP contribution in [0.4, 0.5) is 0 Å². The van der Waals surface area contributed by atoms with E-state index >= 15 is 0 Å². The van der Waals surface area contributed by atoms with Gasteiger partial charge in [0, 0.05) is 24.8 Å². The molecule has 2 heterocycles. The summed E-state index contributed by atoms with van der Waals surface area (Å²) in [5.74, 6) is -0.584. The molecule has 2 aliphatic rings. The number of nitrogens with zero attached hydrogens (tertiary/aromatic N) is 1. The highest BCUT2D eigenvalue weighted by atomic mass is 16.2. The number of aromatic amines is 1. The number of carbonyl (C=O) groups excluding carboxylic acids is 2. The van der Waals surface area contributed by atoms with E-state index in [2.05, 4.69) is 20.5 Å². The maximum Gasteiger partial charge on any atom is 0.274 e. The molecule has 0 bridgehead atoms. The minimum Gasteiger partial charge on any atom is -0.357 e. The molecule has 1 aromatic rings. The largest absolute Gasteiger partial charge is 0.357 e. The van der Waals surface area contributed by atoms with E-state index in [-0.39, 0.29) is 11.8 Å². The first-order chi connectivity index (χ1) is 10.2. The van der Waals surface area contributed by atoms with Gasteiger partial charge in [0.1, 0.15) is 5.69 Å². The van der Waals surface area contributed by atoms with E-state index < -0.39 is 0 Å². The lowest BCUT2D eigenvalue weighted by atomic mass is 10.2. The van der Waals surface area contributed by atoms with Crippen molar-refractivity contribution in [3.8, 4) is 0 Å². The van der Waals surface area contributed by atoms with Crippen molar-refractivity contribution >= 4 is 11.8 Å². The quantitative estimate of drug-likeness (QED) is 0.712. The van der Waals surface area contributed by atoms with E-state index in [1.165, 1.54) is 12.8 Å². The summed E-state index contributed by atoms with van der Waals surface area (Å²) in [7, 11) is 0. The van der Waals surface area contributed by atoms with Crippen molar-refractivity contribution in [1.29, 1.82) is 0 Å². The lowest BCUT2D eigenvalue weighted by Gasteiger charge is -2.24. The molecule has 1 saturated heterocycles. The molecular weight excluding hydrogens is 268 g/mol. The van der Waals surface area contributed by atoms with Crippen molar-refractivity contribution in [2.24, 2.45) is 0 Å². The average Bonchev–Trinajstić information content (AvgIpc) is 2.94. The Morgan fingerprint density at radius 2 is 2.19 bits per heavy atom. The third-order valence-corrected chi connectivity index (χ3v) is 4.12. The fourth-order valence-corrected chi connectivity index (χ4v) is 2.87. The number of rotatable bonds is 6. The predicted molar refractivity (Wildman–Crippen MR) is 78.9 cm³/mol. The Bertz CT molecular complexity index is 490. The highest BCUT2D eigenvalue weighted by Gasteiger charge is 2.32. The Kier molecular flexibility index (Phi) is 4.36. The van der Waals surface area contributed by atoms with Crippen molar-refractivity contribution in [2.75, 3.05) is 19.6 Å². The van der Waals surface area contributed by atoms with Gasteiger partial charge in [-0.1, -0.05) is 0 Å². The molecule has 1 unspecified atom stereocenters. The summed E-state index contributed by atoms with van der Waals surface area (Å²) in [6.07, 6.45) is 6.36. The molecule has 114 valence electrons. The van der Waals surface area contributed by atoms with Gasteiger partial charge in [0.2, 0.25) is 5.91 Å². The second kappa shape index (κ2) is 6.41. The Labute approximate surface area is 124 Å². The molecule has 1 saturated carbocycles. The summed E-state index contributed by atoms with van der Waals surface area (Å²) < 4.78 is 0. The third kappa shape index (κ3) is 3.92. The molecule has 0 radical (unpaired) electrons. The molecule has 3 rings (SSSR count). The monoisotopic (exact) mass is 290 g/mol. The van der Waals surface area contributed by atoms with Gasteiger partial charge >= 0.3 is 0 Å². The summed E-state index contributed by atoms with van der Waals surface area (Å²) in [5.41, 5.74) is 0.416. The number of carbonyl (C=O) groups is 2. The number of hydrogen-bond acceptors (Lipinski definition) is 4. The second-order valence-corrected chi connectivity index (χ2v) is 5.91. The van der Waals surface area contributed by atoms with Gasteiger partial charge in [-0.15, -0.1) is 0 Å². The van der Waals surface area contributed by atoms with Crippen LogP contribution in [0.2, 0.25) is 0 Å². The molecule has 6 heteroatoms. The summed E-state index contributed by atoms with van der Waals surface area (Å²) >= 11 is 0. The topological polar surface area (TPSA) is 77.2 Å². The van der Waals surface area contributed by atoms with Gasteiger partial charge in [-0.2, -0.15) is 0 Å². The number of aromatic nitrogens is 1. The highest BCUT2D eigenvalue weighted by molar-refractivity contribution is 6.04. The molecule has 2 amide bonds. The SMILES string of the molecule is O=C(CN(CC1CCCN1)C1CC1)NC(=O)c1ccc[nH]1. The second-order valence-electron chi connectivity index (χ2n) is 5.91. The van der Waals surface area contributed by atoms with Gasteiger partial charge in [0.15, 0.2) is 0 Å². The van der Waals surface area contributed by atoms with Crippen LogP contribution in [-0.2, 0) is 4.79 Å². The zero-order chi connectivity index (χ0) is 14.7. The minimum absolute atomic E-state index is 0.223. The van der Waals surface area contributed by atoms with Crippen LogP contribution in [0.25, 0.3) is 0 Å². The lowest BCUT2D eigenvalue weighted by molar-refractivity contribution is -0.121. The van der Waals surface area contributed by atoms with E-state index in [0.29, 0.717) is 24.3 Å². The first kappa shape index (κ1) is 14.3. The zero-order valence-corrected chi connectivity index (χ0v) is 12.1. The molecule has 1 atom stereocenters. The van der Waals surface area contributed by atoms with E-state index in [1.807, 2.05) is 0 Å². The minimum atomic E-state index is -0.361. The molecule has 2 fully saturated rings. The highest BCUT2D eigenvalue weighted by Crippen LogP contribution is 2.27. The lowest BCUT2D eigenvalue weighted by Crippen LogP contribution is -2.45. The Morgan fingerprint density at radius 1 is 1.33 bits per heavy atom. The maximum absolute atomic E-state index is 12.1. The van der Waals surface area contributed by atoms with Crippen molar-refractivity contribution in [1.82, 2.24) is 20.5 Å². The van der Waals surface area contributed by atoms with Crippen LogP contribution in [0.15, 0.2) is 18.3 Å². The van der Waals surface area contributed by atoms with Gasteiger partial charge in [0.25, 0.3) is 5.91 Å². The van der Waals surface area contributed by atoms with E-state index in [0.717, 1.165) is 25.9 Å². The summed E-state index contributed by atoms with van der Waals surface area (Å²) in [4.78, 5) is 28.9. The van der Waals surface area contributed by atoms with Gasteiger partial charge in [-0.05, 0) is 44.4 Å². The number of nitrogens with one attached hydrogen (secondary N) is 3. The maximum atomic E-state index is 12.1. The third-order valence-electron chi connectivity index (χ3n) is 4.12. The smallest absolute Gasteiger partial charge is 0.274 e. The van der Waals surface area contributed by atoms with Crippen LogP contribution < -0.4 is 10.6 Å². The van der Waals surface area contributed by atoms with E-state index in [1.54, 1.807) is 18.3 Å². The standard InChI is InChI=1S/C15H22N4O2/c20-14(18-15(21)13-4-2-8-17-13)10-19(12-5-6-12)9-11-3-1-7-16-11/h2,4,8,11-12,16-17H,1,3,5-7,9-10H2,(H,18,20,21). The molecule has 6 nitrogen and oxygen atoms in total. The molecule has 0 aromatic carbocycles. The van der Waals surface area contributed by atoms with Crippen molar-refractivity contribution in [3.05, 3.63) is 24.0 Å². The zero-order valence-electron chi connectivity index (χ0n) is 12.1. The van der Waals surface area contributed by atoms with Crippen LogP contribution in [0.5, 0.6) is 0 Å². The van der Waals surface area contributed by atoms with Crippen LogP contribution in [0, 0.1) is 0 Å². The van der Waals surface area contributed by atoms with Crippen LogP contribution >= 0.6 is 0 Å². The van der Waals surface area contributed by atoms with Crippen molar-refractivity contribution < 1.29 is 9.59 Å². The molecule has 1 aliphatic carbocycles. The molecule has 0 spiro atoms. The molecule has 1 aromatic heterocycles. The van der Waals surface area contributed by atoms with Gasteiger partial charge < -0.3 is 10.3 Å². The Balaban J connectivity index is 1.50. The first-order valence-electron chi connectivity index (χ1n) is 7.67. The Morgan fingerprint density at radius 3 is 2.81 bits per heavy atom. The first-order valence-corrected chi connectivity index (χ1v) is 7.67. The number of amides is 2. The molecule has 1 aliphatic heterocycles. The molecule has 3 N–H and O–H groups in total. The normalized spacial score (nSPS) is 21.7. The Hall–Kier alpha value is -1.66. The van der Waals surface area contributed by atoms with Gasteiger partial charge in [-0.25, -0.2) is 0 Å². The predicted octanol–water partition coefficient (Wildman–Crippen LogP) is 0.488. The van der Waals surface area contributed by atoms with Crippen LogP contribution in [0.1, 0.15) is 36.2 Å². The number of H-pyrrole nitrogens is 1. The van der Waals surface area contributed by atoms with Gasteiger partial charge in [-0.3, -0.25) is 19.8 Å².